The van der Waals surface area contributed by atoms with Crippen LogP contribution in [0, 0.1) is 46.8 Å². The largest absolute Gasteiger partial charge is 0.394 e. The molecular formula is C77H125F3N12O14. The second-order valence-electron chi connectivity index (χ2n) is 33.0. The lowest BCUT2D eigenvalue weighted by molar-refractivity contribution is -0.215. The minimum absolute atomic E-state index is 0.00152. The maximum absolute atomic E-state index is 15.8. The van der Waals surface area contributed by atoms with Gasteiger partial charge in [0.1, 0.15) is 53.9 Å². The average molecular weight is 1500 g/mol. The summed E-state index contributed by atoms with van der Waals surface area (Å²) in [4.78, 5) is 194. The molecule has 1 spiro atoms. The second kappa shape index (κ2) is 37.5. The van der Waals surface area contributed by atoms with E-state index in [1.54, 1.807) is 26.8 Å². The van der Waals surface area contributed by atoms with Crippen molar-refractivity contribution in [1.29, 1.82) is 0 Å². The molecule has 13 atom stereocenters. The number of amides is 12. The van der Waals surface area contributed by atoms with Crippen LogP contribution < -0.4 is 16.0 Å². The zero-order valence-electron chi connectivity index (χ0n) is 66.1. The number of likely N-dealkylation sites (N-methyl/N-ethyl adjacent to an activating group) is 7. The Morgan fingerprint density at radius 3 is 1.89 bits per heavy atom. The summed E-state index contributed by atoms with van der Waals surface area (Å²) in [5.74, 6) is -10.7. The third kappa shape index (κ3) is 20.7. The lowest BCUT2D eigenvalue weighted by Crippen LogP contribution is -2.71. The van der Waals surface area contributed by atoms with Crippen molar-refractivity contribution in [2.45, 2.75) is 256 Å². The van der Waals surface area contributed by atoms with Crippen molar-refractivity contribution in [3.05, 3.63) is 12.2 Å². The third-order valence-electron chi connectivity index (χ3n) is 24.5. The number of hydrogen-bond acceptors (Lipinski definition) is 14. The Labute approximate surface area is 626 Å². The number of halogens is 3. The molecule has 3 unspecified atom stereocenters. The topological polar surface area (TPSA) is 289 Å². The summed E-state index contributed by atoms with van der Waals surface area (Å²) in [7, 11) is 11.1. The van der Waals surface area contributed by atoms with Crippen molar-refractivity contribution >= 4 is 70.9 Å². The molecule has 598 valence electrons. The van der Waals surface area contributed by atoms with Crippen LogP contribution in [0.25, 0.3) is 0 Å². The Hall–Kier alpha value is -6.91. The number of ether oxygens (including phenoxy) is 2. The molecule has 0 aromatic carbocycles. The molecule has 29 heteroatoms. The van der Waals surface area contributed by atoms with Crippen LogP contribution in [0.4, 0.5) is 13.2 Å². The highest BCUT2D eigenvalue weighted by Gasteiger charge is 2.59. The number of nitrogens with one attached hydrogen (secondary N) is 3. The molecule has 106 heavy (non-hydrogen) atoms. The van der Waals surface area contributed by atoms with Gasteiger partial charge in [0.2, 0.25) is 70.9 Å². The van der Waals surface area contributed by atoms with E-state index in [4.69, 9.17) is 9.47 Å². The number of carbonyl (C=O) groups is 12. The highest BCUT2D eigenvalue weighted by molar-refractivity contribution is 6.01. The first-order valence-electron chi connectivity index (χ1n) is 39.0. The number of fused-ring (bicyclic) bond motifs is 3. The predicted molar refractivity (Wildman–Crippen MR) is 391 cm³/mol. The molecule has 4 aliphatic carbocycles. The first kappa shape index (κ1) is 86.3. The van der Waals surface area contributed by atoms with Crippen LogP contribution in [0.5, 0.6) is 0 Å². The van der Waals surface area contributed by atoms with Crippen molar-refractivity contribution in [3.8, 4) is 0 Å². The van der Waals surface area contributed by atoms with Gasteiger partial charge in [0.25, 0.3) is 0 Å². The highest BCUT2D eigenvalue weighted by Crippen LogP contribution is 2.50. The van der Waals surface area contributed by atoms with Crippen LogP contribution in [0.3, 0.4) is 0 Å². The van der Waals surface area contributed by atoms with Crippen molar-refractivity contribution in [1.82, 2.24) is 60.0 Å². The molecule has 2 bridgehead atoms. The standard InChI is InChI=1S/C77H125F3N12O14/c1-17-49(6)64-72(102)85(10)43-63(95)86(11)55-27-21-20-24-36-91(71(55)101)58(38-50-30-28-47(4)29-31-50)69(99)84(9)42-61(93)81-54(35-33-51-32-34-53(77(78,79)80)60(39-51)106-16)68(98)92-41-48(5)37-56(92)67(97)83-76(45-75(7,8)46-76)74(104)89(14)65(52-25-22-23-26-52)73(103)88(13)57(70(100)90(18-2)19-3)40-62(94)87(12)59(44-105-15)66(96)82-64/h20-21,47-60,64-65H,17-19,22-46H2,1-16H3,(H,81,93)(H,82,96)(H,83,97)/b21-20-/t47?,48-,49-,50?,51?,53?,54-,55-,56-,57-,58-,59-,60?,64-,65-/m0/s1. The fourth-order valence-corrected chi connectivity index (χ4v) is 18.0. The van der Waals surface area contributed by atoms with E-state index in [1.165, 1.54) is 90.8 Å². The molecule has 7 rings (SSSR count). The van der Waals surface area contributed by atoms with Gasteiger partial charge in [-0.2, -0.15) is 13.2 Å². The third-order valence-corrected chi connectivity index (χ3v) is 24.5. The van der Waals surface area contributed by atoms with Crippen LogP contribution in [0.1, 0.15) is 190 Å². The first-order valence-corrected chi connectivity index (χ1v) is 39.0. The Kier molecular flexibility index (Phi) is 30.5. The maximum atomic E-state index is 15.8. The molecule has 0 aromatic heterocycles. The van der Waals surface area contributed by atoms with Crippen LogP contribution in [-0.4, -0.2) is 284 Å². The van der Waals surface area contributed by atoms with E-state index in [9.17, 15) is 41.9 Å². The Balaban J connectivity index is 1.32. The Bertz CT molecular complexity index is 3150. The summed E-state index contributed by atoms with van der Waals surface area (Å²) in [6.45, 7) is 14.0. The fraction of sp³-hybridized carbons (Fsp3) is 0.818. The fourth-order valence-electron chi connectivity index (χ4n) is 18.0. The maximum Gasteiger partial charge on any atom is 0.394 e. The number of alkyl halides is 3. The van der Waals surface area contributed by atoms with Gasteiger partial charge in [-0.3, -0.25) is 57.5 Å². The number of hydrogen-bond donors (Lipinski definition) is 3. The summed E-state index contributed by atoms with van der Waals surface area (Å²) in [6, 6.07) is -10.2. The van der Waals surface area contributed by atoms with Crippen molar-refractivity contribution in [2.75, 3.05) is 102 Å². The SMILES string of the molecule is CC[C@H](C)[C@@H]1NC(=O)[C@H](COC)N(C)C(=O)C[C@@H](C(=O)N(CC)CC)N(C)C(=O)[C@H](C2CCCC2)N(C)C(=O)C2(CC(C)(C)C2)NC(=O)[C@@H]2C[C@H](C)CN2C(=O)[C@H](CCC2CCC(C(F)(F)F)C(OC)C2)NC(=O)CN(C)C(=O)[C@H](CC2CCC(C)CC2)N2CC/C=C\C[C@@H](C2=O)N(C)C(=O)CN(C)C1=O. The lowest BCUT2D eigenvalue weighted by Gasteiger charge is -2.54. The normalized spacial score (nSPS) is 31.9. The molecule has 12 amide bonds. The van der Waals surface area contributed by atoms with Gasteiger partial charge in [-0.1, -0.05) is 98.6 Å². The zero-order chi connectivity index (χ0) is 78.6. The molecule has 2 saturated heterocycles. The van der Waals surface area contributed by atoms with Crippen LogP contribution in [-0.2, 0) is 67.0 Å². The van der Waals surface area contributed by atoms with Crippen molar-refractivity contribution in [2.24, 2.45) is 46.8 Å². The number of rotatable bonds is 14. The summed E-state index contributed by atoms with van der Waals surface area (Å²) >= 11 is 0. The van der Waals surface area contributed by atoms with Crippen molar-refractivity contribution in [3.63, 3.8) is 0 Å². The molecule has 3 N–H and O–H groups in total. The van der Waals surface area contributed by atoms with Gasteiger partial charge in [0.05, 0.1) is 38.1 Å². The van der Waals surface area contributed by atoms with Gasteiger partial charge in [0.15, 0.2) is 0 Å². The van der Waals surface area contributed by atoms with E-state index >= 15 is 28.8 Å². The first-order chi connectivity index (χ1) is 49.9. The molecule has 3 heterocycles. The molecule has 26 nitrogen and oxygen atoms in total. The van der Waals surface area contributed by atoms with E-state index in [-0.39, 0.29) is 115 Å². The van der Waals surface area contributed by atoms with Crippen LogP contribution in [0.2, 0.25) is 0 Å². The molecular weight excluding hydrogens is 1370 g/mol. The van der Waals surface area contributed by atoms with E-state index in [0.29, 0.717) is 31.6 Å². The minimum atomic E-state index is -4.51. The highest BCUT2D eigenvalue weighted by atomic mass is 19.4. The summed E-state index contributed by atoms with van der Waals surface area (Å²) in [5, 5.41) is 8.85. The molecule has 6 fully saturated rings. The second-order valence-corrected chi connectivity index (χ2v) is 33.0. The molecule has 3 aliphatic heterocycles. The van der Waals surface area contributed by atoms with Crippen molar-refractivity contribution < 1.29 is 80.2 Å². The molecule has 4 saturated carbocycles. The number of carbonyl (C=O) groups excluding carboxylic acids is 12. The van der Waals surface area contributed by atoms with Gasteiger partial charge in [-0.25, -0.2) is 0 Å². The smallest absolute Gasteiger partial charge is 0.382 e. The summed E-state index contributed by atoms with van der Waals surface area (Å²) < 4.78 is 53.9. The molecule has 7 aliphatic rings. The minimum Gasteiger partial charge on any atom is -0.382 e. The lowest BCUT2D eigenvalue weighted by atomic mass is 9.58. The van der Waals surface area contributed by atoms with Gasteiger partial charge in [-0.05, 0) is 138 Å². The molecule has 0 radical (unpaired) electrons. The van der Waals surface area contributed by atoms with Gasteiger partial charge in [0, 0.05) is 82.7 Å². The zero-order valence-corrected chi connectivity index (χ0v) is 66.1. The molecule has 0 aromatic rings. The van der Waals surface area contributed by atoms with Gasteiger partial charge < -0.3 is 69.5 Å². The predicted octanol–water partition coefficient (Wildman–Crippen LogP) is 5.79. The Morgan fingerprint density at radius 1 is 0.660 bits per heavy atom. The van der Waals surface area contributed by atoms with Gasteiger partial charge >= 0.3 is 6.18 Å². The van der Waals surface area contributed by atoms with Crippen LogP contribution >= 0.6 is 0 Å². The quantitative estimate of drug-likeness (QED) is 0.174. The monoisotopic (exact) mass is 1500 g/mol. The van der Waals surface area contributed by atoms with Crippen LogP contribution in [0.15, 0.2) is 12.2 Å². The number of nitrogens with zero attached hydrogens (tertiary/aromatic N) is 9. The van der Waals surface area contributed by atoms with E-state index in [2.05, 4.69) is 22.9 Å². The van der Waals surface area contributed by atoms with Gasteiger partial charge in [-0.15, -0.1) is 0 Å². The summed E-state index contributed by atoms with van der Waals surface area (Å²) in [5.41, 5.74) is -2.12. The number of methoxy groups -OCH3 is 2. The van der Waals surface area contributed by atoms with E-state index in [0.717, 1.165) is 48.3 Å². The van der Waals surface area contributed by atoms with E-state index < -0.39 is 180 Å². The average Bonchev–Trinajstić information content (AvgIpc) is 0.909. The van der Waals surface area contributed by atoms with E-state index in [1.807, 2.05) is 33.8 Å². The summed E-state index contributed by atoms with van der Waals surface area (Å²) in [6.07, 6.45) is 4.65. The Morgan fingerprint density at radius 2 is 1.29 bits per heavy atom.